The van der Waals surface area contributed by atoms with Crippen molar-refractivity contribution in [2.75, 3.05) is 11.4 Å². The van der Waals surface area contributed by atoms with Crippen molar-refractivity contribution in [1.82, 2.24) is 10.2 Å². The van der Waals surface area contributed by atoms with E-state index in [9.17, 15) is 4.79 Å². The summed E-state index contributed by atoms with van der Waals surface area (Å²) in [7, 11) is 0. The molecule has 1 unspecified atom stereocenters. The largest absolute Gasteiger partial charge is 0.368 e. The minimum atomic E-state index is -0.370. The number of carbonyl (C=O) groups excluding carboxylic acids is 1. The number of amides is 1. The SMILES string of the molecule is NC(=O)C1CCN1c1cc(Cl)nnc1Cl. The van der Waals surface area contributed by atoms with Crippen LogP contribution in [0.4, 0.5) is 5.69 Å². The van der Waals surface area contributed by atoms with E-state index >= 15 is 0 Å². The summed E-state index contributed by atoms with van der Waals surface area (Å²) in [5.74, 6) is -0.370. The fourth-order valence-corrected chi connectivity index (χ4v) is 1.86. The van der Waals surface area contributed by atoms with Crippen LogP contribution in [-0.4, -0.2) is 28.7 Å². The Kier molecular flexibility index (Phi) is 2.67. The van der Waals surface area contributed by atoms with Crippen molar-refractivity contribution in [3.63, 3.8) is 0 Å². The third-order valence-corrected chi connectivity index (χ3v) is 2.81. The first-order valence-corrected chi connectivity index (χ1v) is 5.10. The van der Waals surface area contributed by atoms with Crippen molar-refractivity contribution in [2.45, 2.75) is 12.5 Å². The Morgan fingerprint density at radius 1 is 1.53 bits per heavy atom. The van der Waals surface area contributed by atoms with E-state index in [1.807, 2.05) is 0 Å². The summed E-state index contributed by atoms with van der Waals surface area (Å²) in [6.45, 7) is 0.718. The average molecular weight is 247 g/mol. The van der Waals surface area contributed by atoms with Gasteiger partial charge in [-0.15, -0.1) is 10.2 Å². The summed E-state index contributed by atoms with van der Waals surface area (Å²) < 4.78 is 0. The molecule has 1 aliphatic rings. The van der Waals surface area contributed by atoms with Crippen LogP contribution in [0.1, 0.15) is 6.42 Å². The molecular formula is C8H8Cl2N4O. The van der Waals surface area contributed by atoms with Gasteiger partial charge in [0.25, 0.3) is 0 Å². The zero-order valence-electron chi connectivity index (χ0n) is 7.65. The highest BCUT2D eigenvalue weighted by Gasteiger charge is 2.34. The van der Waals surface area contributed by atoms with Gasteiger partial charge in [-0.1, -0.05) is 23.2 Å². The van der Waals surface area contributed by atoms with Gasteiger partial charge in [0.05, 0.1) is 5.69 Å². The molecule has 7 heteroatoms. The summed E-state index contributed by atoms with van der Waals surface area (Å²) in [6.07, 6.45) is 0.728. The van der Waals surface area contributed by atoms with Gasteiger partial charge in [-0.25, -0.2) is 0 Å². The highest BCUT2D eigenvalue weighted by Crippen LogP contribution is 2.32. The lowest BCUT2D eigenvalue weighted by Crippen LogP contribution is -2.55. The van der Waals surface area contributed by atoms with Crippen LogP contribution in [0.5, 0.6) is 0 Å². The minimum absolute atomic E-state index is 0.227. The van der Waals surface area contributed by atoms with Crippen molar-refractivity contribution in [3.05, 3.63) is 16.4 Å². The Bertz CT molecular complexity index is 412. The molecule has 15 heavy (non-hydrogen) atoms. The first-order chi connectivity index (χ1) is 7.09. The molecular weight excluding hydrogens is 239 g/mol. The molecule has 1 aromatic heterocycles. The van der Waals surface area contributed by atoms with E-state index in [4.69, 9.17) is 28.9 Å². The van der Waals surface area contributed by atoms with Gasteiger partial charge in [0.2, 0.25) is 5.91 Å². The Labute approximate surface area is 96.2 Å². The fraction of sp³-hybridized carbons (Fsp3) is 0.375. The summed E-state index contributed by atoms with van der Waals surface area (Å²) in [5.41, 5.74) is 5.82. The Balaban J connectivity index is 2.30. The number of hydrogen-bond acceptors (Lipinski definition) is 4. The maximum atomic E-state index is 11.0. The van der Waals surface area contributed by atoms with Crippen LogP contribution in [0, 0.1) is 0 Å². The Morgan fingerprint density at radius 2 is 2.27 bits per heavy atom. The van der Waals surface area contributed by atoms with Crippen LogP contribution in [0.2, 0.25) is 10.3 Å². The zero-order valence-corrected chi connectivity index (χ0v) is 9.16. The van der Waals surface area contributed by atoms with Crippen molar-refractivity contribution in [1.29, 1.82) is 0 Å². The molecule has 0 spiro atoms. The van der Waals surface area contributed by atoms with E-state index in [2.05, 4.69) is 10.2 Å². The number of rotatable bonds is 2. The highest BCUT2D eigenvalue weighted by atomic mass is 35.5. The number of aromatic nitrogens is 2. The van der Waals surface area contributed by atoms with Gasteiger partial charge in [0, 0.05) is 12.6 Å². The van der Waals surface area contributed by atoms with Crippen LogP contribution in [0.15, 0.2) is 6.07 Å². The van der Waals surface area contributed by atoms with Gasteiger partial charge in [-0.3, -0.25) is 4.79 Å². The van der Waals surface area contributed by atoms with E-state index in [0.29, 0.717) is 5.69 Å². The lowest BCUT2D eigenvalue weighted by molar-refractivity contribution is -0.120. The molecule has 2 N–H and O–H groups in total. The predicted octanol–water partition coefficient (Wildman–Crippen LogP) is 0.847. The first-order valence-electron chi connectivity index (χ1n) is 4.34. The standard InChI is InChI=1S/C8H8Cl2N4O/c9-6-3-5(7(10)13-12-6)14-2-1-4(14)8(11)15/h3-4H,1-2H2,(H2,11,15). The minimum Gasteiger partial charge on any atom is -0.368 e. The molecule has 1 atom stereocenters. The second kappa shape index (κ2) is 3.83. The maximum absolute atomic E-state index is 11.0. The third kappa shape index (κ3) is 1.85. The molecule has 2 heterocycles. The van der Waals surface area contributed by atoms with E-state index < -0.39 is 0 Å². The molecule has 1 aliphatic heterocycles. The van der Waals surface area contributed by atoms with E-state index in [-0.39, 0.29) is 22.3 Å². The van der Waals surface area contributed by atoms with Gasteiger partial charge in [-0.2, -0.15) is 0 Å². The average Bonchev–Trinajstić information content (AvgIpc) is 2.08. The lowest BCUT2D eigenvalue weighted by Gasteiger charge is -2.40. The Morgan fingerprint density at radius 3 is 2.80 bits per heavy atom. The zero-order chi connectivity index (χ0) is 11.0. The summed E-state index contributed by atoms with van der Waals surface area (Å²) in [5, 5.41) is 7.72. The number of nitrogens with zero attached hydrogens (tertiary/aromatic N) is 3. The number of carbonyl (C=O) groups is 1. The lowest BCUT2D eigenvalue weighted by atomic mass is 10.0. The third-order valence-electron chi connectivity index (χ3n) is 2.36. The first kappa shape index (κ1) is 10.4. The molecule has 80 valence electrons. The second-order valence-electron chi connectivity index (χ2n) is 3.24. The molecule has 1 aromatic rings. The highest BCUT2D eigenvalue weighted by molar-refractivity contribution is 6.33. The van der Waals surface area contributed by atoms with Gasteiger partial charge >= 0.3 is 0 Å². The Hall–Kier alpha value is -1.07. The molecule has 0 aliphatic carbocycles. The molecule has 1 amide bonds. The molecule has 0 bridgehead atoms. The number of halogens is 2. The van der Waals surface area contributed by atoms with Crippen molar-refractivity contribution in [2.24, 2.45) is 5.73 Å². The molecule has 1 saturated heterocycles. The monoisotopic (exact) mass is 246 g/mol. The quantitative estimate of drug-likeness (QED) is 0.840. The second-order valence-corrected chi connectivity index (χ2v) is 3.99. The van der Waals surface area contributed by atoms with Crippen LogP contribution in [0.25, 0.3) is 0 Å². The van der Waals surface area contributed by atoms with E-state index in [1.165, 1.54) is 0 Å². The van der Waals surface area contributed by atoms with Crippen molar-refractivity contribution in [3.8, 4) is 0 Å². The summed E-state index contributed by atoms with van der Waals surface area (Å²) in [6, 6.07) is 1.26. The topological polar surface area (TPSA) is 72.1 Å². The van der Waals surface area contributed by atoms with Crippen LogP contribution >= 0.6 is 23.2 Å². The maximum Gasteiger partial charge on any atom is 0.240 e. The van der Waals surface area contributed by atoms with E-state index in [1.54, 1.807) is 11.0 Å². The summed E-state index contributed by atoms with van der Waals surface area (Å²) in [4.78, 5) is 12.8. The van der Waals surface area contributed by atoms with Crippen LogP contribution in [-0.2, 0) is 4.79 Å². The normalized spacial score (nSPS) is 19.9. The number of hydrogen-bond donors (Lipinski definition) is 1. The van der Waals surface area contributed by atoms with Crippen molar-refractivity contribution < 1.29 is 4.79 Å². The number of primary amides is 1. The van der Waals surface area contributed by atoms with Crippen LogP contribution < -0.4 is 10.6 Å². The number of nitrogens with two attached hydrogens (primary N) is 1. The van der Waals surface area contributed by atoms with Crippen molar-refractivity contribution >= 4 is 34.8 Å². The van der Waals surface area contributed by atoms with Gasteiger partial charge < -0.3 is 10.6 Å². The summed E-state index contributed by atoms with van der Waals surface area (Å²) >= 11 is 11.5. The van der Waals surface area contributed by atoms with Gasteiger partial charge in [0.15, 0.2) is 10.3 Å². The smallest absolute Gasteiger partial charge is 0.240 e. The van der Waals surface area contributed by atoms with Gasteiger partial charge in [-0.05, 0) is 6.42 Å². The van der Waals surface area contributed by atoms with E-state index in [0.717, 1.165) is 13.0 Å². The fourth-order valence-electron chi connectivity index (χ4n) is 1.52. The number of anilines is 1. The molecule has 0 radical (unpaired) electrons. The van der Waals surface area contributed by atoms with Gasteiger partial charge in [0.1, 0.15) is 6.04 Å². The predicted molar refractivity (Wildman–Crippen MR) is 57.0 cm³/mol. The van der Waals surface area contributed by atoms with Crippen LogP contribution in [0.3, 0.4) is 0 Å². The molecule has 0 saturated carbocycles. The molecule has 2 rings (SSSR count). The molecule has 0 aromatic carbocycles. The molecule has 5 nitrogen and oxygen atoms in total. The molecule has 1 fully saturated rings.